The van der Waals surface area contributed by atoms with Crippen LogP contribution in [0.3, 0.4) is 0 Å². The number of amides is 2. The van der Waals surface area contributed by atoms with Gasteiger partial charge in [-0.3, -0.25) is 0 Å². The van der Waals surface area contributed by atoms with Crippen LogP contribution in [0.5, 0.6) is 0 Å². The predicted molar refractivity (Wildman–Crippen MR) is 78.5 cm³/mol. The molecule has 0 aliphatic rings. The lowest BCUT2D eigenvalue weighted by Gasteiger charge is -2.09. The van der Waals surface area contributed by atoms with Crippen molar-refractivity contribution in [1.82, 2.24) is 5.32 Å². The van der Waals surface area contributed by atoms with E-state index in [1.54, 1.807) is 36.4 Å². The minimum absolute atomic E-state index is 0.362. The molecule has 0 saturated carbocycles. The average molecular weight is 286 g/mol. The summed E-state index contributed by atoms with van der Waals surface area (Å²) in [7, 11) is 0. The molecule has 2 rings (SSSR count). The number of carbonyl (C=O) groups is 1. The highest BCUT2D eigenvalue weighted by Crippen LogP contribution is 2.13. The SMILES string of the molecule is N#Cc1ccccc1NC(=O)NCc1cccc(Cl)c1. The van der Waals surface area contributed by atoms with Gasteiger partial charge in [0.15, 0.2) is 0 Å². The molecular formula is C15H12ClN3O. The van der Waals surface area contributed by atoms with Gasteiger partial charge in [0.1, 0.15) is 6.07 Å². The van der Waals surface area contributed by atoms with Crippen LogP contribution in [0, 0.1) is 11.3 Å². The third-order valence-corrected chi connectivity index (χ3v) is 2.87. The van der Waals surface area contributed by atoms with E-state index in [-0.39, 0.29) is 6.03 Å². The van der Waals surface area contributed by atoms with E-state index >= 15 is 0 Å². The molecule has 0 saturated heterocycles. The number of nitriles is 1. The van der Waals surface area contributed by atoms with Crippen LogP contribution in [0.25, 0.3) is 0 Å². The number of nitrogens with zero attached hydrogens (tertiary/aromatic N) is 1. The molecule has 0 aliphatic carbocycles. The van der Waals surface area contributed by atoms with E-state index in [1.807, 2.05) is 18.2 Å². The maximum Gasteiger partial charge on any atom is 0.319 e. The summed E-state index contributed by atoms with van der Waals surface area (Å²) in [6.07, 6.45) is 0. The molecule has 5 heteroatoms. The lowest BCUT2D eigenvalue weighted by atomic mass is 10.2. The van der Waals surface area contributed by atoms with Gasteiger partial charge in [-0.1, -0.05) is 35.9 Å². The zero-order valence-corrected chi connectivity index (χ0v) is 11.3. The van der Waals surface area contributed by atoms with Crippen molar-refractivity contribution in [3.05, 3.63) is 64.7 Å². The van der Waals surface area contributed by atoms with E-state index in [4.69, 9.17) is 16.9 Å². The number of halogens is 1. The zero-order chi connectivity index (χ0) is 14.4. The van der Waals surface area contributed by atoms with Gasteiger partial charge in [-0.05, 0) is 29.8 Å². The molecule has 0 unspecified atom stereocenters. The first-order valence-electron chi connectivity index (χ1n) is 5.97. The zero-order valence-electron chi connectivity index (χ0n) is 10.6. The highest BCUT2D eigenvalue weighted by molar-refractivity contribution is 6.30. The molecule has 2 amide bonds. The highest BCUT2D eigenvalue weighted by atomic mass is 35.5. The minimum atomic E-state index is -0.368. The Morgan fingerprint density at radius 1 is 1.20 bits per heavy atom. The molecule has 0 radical (unpaired) electrons. The van der Waals surface area contributed by atoms with Crippen LogP contribution in [0.1, 0.15) is 11.1 Å². The minimum Gasteiger partial charge on any atom is -0.334 e. The summed E-state index contributed by atoms with van der Waals surface area (Å²) in [5, 5.41) is 14.9. The molecule has 0 aromatic heterocycles. The molecule has 0 heterocycles. The number of hydrogen-bond donors (Lipinski definition) is 2. The molecule has 0 fully saturated rings. The molecule has 0 atom stereocenters. The van der Waals surface area contributed by atoms with Gasteiger partial charge < -0.3 is 10.6 Å². The number of nitrogens with one attached hydrogen (secondary N) is 2. The second kappa shape index (κ2) is 6.60. The second-order valence-electron chi connectivity index (χ2n) is 4.09. The van der Waals surface area contributed by atoms with E-state index < -0.39 is 0 Å². The molecule has 4 nitrogen and oxygen atoms in total. The maximum absolute atomic E-state index is 11.8. The Morgan fingerprint density at radius 2 is 2.00 bits per heavy atom. The van der Waals surface area contributed by atoms with Crippen LogP contribution in [-0.2, 0) is 6.54 Å². The lowest BCUT2D eigenvalue weighted by Crippen LogP contribution is -2.28. The molecule has 0 aliphatic heterocycles. The van der Waals surface area contributed by atoms with Gasteiger partial charge in [0.2, 0.25) is 0 Å². The van der Waals surface area contributed by atoms with Crippen molar-refractivity contribution in [3.63, 3.8) is 0 Å². The van der Waals surface area contributed by atoms with Gasteiger partial charge in [0.05, 0.1) is 11.3 Å². The summed E-state index contributed by atoms with van der Waals surface area (Å²) < 4.78 is 0. The predicted octanol–water partition coefficient (Wildman–Crippen LogP) is 3.53. The number of carbonyl (C=O) groups excluding carboxylic acids is 1. The van der Waals surface area contributed by atoms with Gasteiger partial charge in [-0.2, -0.15) is 5.26 Å². The monoisotopic (exact) mass is 285 g/mol. The van der Waals surface area contributed by atoms with E-state index in [2.05, 4.69) is 10.6 Å². The summed E-state index contributed by atoms with van der Waals surface area (Å²) in [6.45, 7) is 0.362. The van der Waals surface area contributed by atoms with Crippen LogP contribution in [0.2, 0.25) is 5.02 Å². The van der Waals surface area contributed by atoms with Crippen molar-refractivity contribution in [2.75, 3.05) is 5.32 Å². The first kappa shape index (κ1) is 13.9. The van der Waals surface area contributed by atoms with Crippen molar-refractivity contribution in [1.29, 1.82) is 5.26 Å². The molecule has 0 spiro atoms. The number of para-hydroxylation sites is 1. The van der Waals surface area contributed by atoms with Gasteiger partial charge >= 0.3 is 6.03 Å². The highest BCUT2D eigenvalue weighted by Gasteiger charge is 2.05. The Labute approximate surface area is 122 Å². The van der Waals surface area contributed by atoms with Crippen LogP contribution in [-0.4, -0.2) is 6.03 Å². The third-order valence-electron chi connectivity index (χ3n) is 2.64. The summed E-state index contributed by atoms with van der Waals surface area (Å²) in [6, 6.07) is 15.7. The topological polar surface area (TPSA) is 64.9 Å². The van der Waals surface area contributed by atoms with Crippen LogP contribution < -0.4 is 10.6 Å². The molecule has 2 N–H and O–H groups in total. The molecule has 2 aromatic rings. The third kappa shape index (κ3) is 3.74. The van der Waals surface area contributed by atoms with Gasteiger partial charge in [0.25, 0.3) is 0 Å². The fraction of sp³-hybridized carbons (Fsp3) is 0.0667. The van der Waals surface area contributed by atoms with Crippen molar-refractivity contribution in [2.24, 2.45) is 0 Å². The first-order chi connectivity index (χ1) is 9.69. The fourth-order valence-corrected chi connectivity index (χ4v) is 1.90. The van der Waals surface area contributed by atoms with E-state index in [9.17, 15) is 4.79 Å². The number of hydrogen-bond acceptors (Lipinski definition) is 2. The first-order valence-corrected chi connectivity index (χ1v) is 6.35. The molecule has 20 heavy (non-hydrogen) atoms. The van der Waals surface area contributed by atoms with Gasteiger partial charge in [-0.15, -0.1) is 0 Å². The van der Waals surface area contributed by atoms with E-state index in [0.717, 1.165) is 5.56 Å². The van der Waals surface area contributed by atoms with Crippen molar-refractivity contribution in [3.8, 4) is 6.07 Å². The van der Waals surface area contributed by atoms with Crippen molar-refractivity contribution >= 4 is 23.3 Å². The second-order valence-corrected chi connectivity index (χ2v) is 4.53. The van der Waals surface area contributed by atoms with Crippen molar-refractivity contribution in [2.45, 2.75) is 6.54 Å². The Bertz CT molecular complexity index is 664. The smallest absolute Gasteiger partial charge is 0.319 e. The standard InChI is InChI=1S/C15H12ClN3O/c16-13-6-3-4-11(8-13)10-18-15(20)19-14-7-2-1-5-12(14)9-17/h1-8H,10H2,(H2,18,19,20). The number of urea groups is 1. The molecule has 100 valence electrons. The van der Waals surface area contributed by atoms with Crippen LogP contribution >= 0.6 is 11.6 Å². The van der Waals surface area contributed by atoms with E-state index in [0.29, 0.717) is 22.8 Å². The van der Waals surface area contributed by atoms with Gasteiger partial charge in [-0.25, -0.2) is 4.79 Å². The summed E-state index contributed by atoms with van der Waals surface area (Å²) >= 11 is 5.87. The molecule has 2 aromatic carbocycles. The normalized spacial score (nSPS) is 9.60. The van der Waals surface area contributed by atoms with Gasteiger partial charge in [0, 0.05) is 11.6 Å². The van der Waals surface area contributed by atoms with Crippen molar-refractivity contribution < 1.29 is 4.79 Å². The largest absolute Gasteiger partial charge is 0.334 e. The molecule has 0 bridgehead atoms. The quantitative estimate of drug-likeness (QED) is 0.906. The van der Waals surface area contributed by atoms with Crippen LogP contribution in [0.4, 0.5) is 10.5 Å². The fourth-order valence-electron chi connectivity index (χ4n) is 1.69. The Kier molecular flexibility index (Phi) is 4.59. The lowest BCUT2D eigenvalue weighted by molar-refractivity contribution is 0.251. The number of benzene rings is 2. The number of anilines is 1. The summed E-state index contributed by atoms with van der Waals surface area (Å²) in [5.41, 5.74) is 1.81. The van der Waals surface area contributed by atoms with E-state index in [1.165, 1.54) is 0 Å². The van der Waals surface area contributed by atoms with Crippen LogP contribution in [0.15, 0.2) is 48.5 Å². The maximum atomic E-state index is 11.8. The summed E-state index contributed by atoms with van der Waals surface area (Å²) in [4.78, 5) is 11.8. The molecular weight excluding hydrogens is 274 g/mol. The number of rotatable bonds is 3. The Hall–Kier alpha value is -2.51. The summed E-state index contributed by atoms with van der Waals surface area (Å²) in [5.74, 6) is 0. The average Bonchev–Trinajstić information content (AvgIpc) is 2.46. The Morgan fingerprint density at radius 3 is 2.75 bits per heavy atom. The Balaban J connectivity index is 1.95.